The molecule has 1 fully saturated rings. The highest BCUT2D eigenvalue weighted by Gasteiger charge is 2.24. The Hall–Kier alpha value is -2.79. The van der Waals surface area contributed by atoms with Gasteiger partial charge in [-0.2, -0.15) is 0 Å². The molecule has 0 radical (unpaired) electrons. The van der Waals surface area contributed by atoms with Gasteiger partial charge in [-0.15, -0.1) is 0 Å². The quantitative estimate of drug-likeness (QED) is 0.830. The number of carbonyl (C=O) groups is 1. The zero-order chi connectivity index (χ0) is 18.1. The van der Waals surface area contributed by atoms with Crippen LogP contribution in [0.4, 0.5) is 17.1 Å². The molecule has 1 amide bonds. The van der Waals surface area contributed by atoms with E-state index in [1.807, 2.05) is 36.4 Å². The molecule has 0 bridgehead atoms. The summed E-state index contributed by atoms with van der Waals surface area (Å²) in [5.74, 6) is -0.0772. The molecule has 5 heteroatoms. The van der Waals surface area contributed by atoms with Crippen LogP contribution in [0.15, 0.2) is 54.7 Å². The number of rotatable bonds is 3. The van der Waals surface area contributed by atoms with Crippen molar-refractivity contribution in [2.24, 2.45) is 0 Å². The molecule has 1 saturated heterocycles. The molecule has 2 unspecified atom stereocenters. The van der Waals surface area contributed by atoms with Crippen LogP contribution in [0.2, 0.25) is 0 Å². The van der Waals surface area contributed by atoms with E-state index in [9.17, 15) is 4.79 Å². The SMILES string of the molecule is CC1CN(c2ccc(NC=C3C(=O)Nc4ccccc43)cc2)CC(C)O1. The van der Waals surface area contributed by atoms with Crippen molar-refractivity contribution >= 4 is 28.5 Å². The Morgan fingerprint density at radius 3 is 2.50 bits per heavy atom. The van der Waals surface area contributed by atoms with Gasteiger partial charge < -0.3 is 20.3 Å². The Kier molecular flexibility index (Phi) is 4.39. The van der Waals surface area contributed by atoms with Gasteiger partial charge in [-0.1, -0.05) is 18.2 Å². The fourth-order valence-electron chi connectivity index (χ4n) is 3.59. The average molecular weight is 349 g/mol. The Labute approximate surface area is 153 Å². The van der Waals surface area contributed by atoms with E-state index in [2.05, 4.69) is 41.5 Å². The molecule has 0 spiro atoms. The first kappa shape index (κ1) is 16.7. The monoisotopic (exact) mass is 349 g/mol. The molecule has 2 aromatic rings. The lowest BCUT2D eigenvalue weighted by atomic mass is 10.1. The van der Waals surface area contributed by atoms with Crippen molar-refractivity contribution in [1.29, 1.82) is 0 Å². The summed E-state index contributed by atoms with van der Waals surface area (Å²) in [4.78, 5) is 14.5. The third-order valence-electron chi connectivity index (χ3n) is 4.75. The van der Waals surface area contributed by atoms with Crippen LogP contribution in [0.25, 0.3) is 5.57 Å². The maximum absolute atomic E-state index is 12.1. The summed E-state index contributed by atoms with van der Waals surface area (Å²) in [5, 5.41) is 6.12. The zero-order valence-electron chi connectivity index (χ0n) is 15.0. The lowest BCUT2D eigenvalue weighted by Crippen LogP contribution is -2.45. The second-order valence-electron chi connectivity index (χ2n) is 6.91. The number of nitrogens with zero attached hydrogens (tertiary/aromatic N) is 1. The Balaban J connectivity index is 1.48. The van der Waals surface area contributed by atoms with Crippen LogP contribution in [0.5, 0.6) is 0 Å². The van der Waals surface area contributed by atoms with Gasteiger partial charge in [0.25, 0.3) is 5.91 Å². The molecule has 4 rings (SSSR count). The molecule has 0 aromatic heterocycles. The minimum atomic E-state index is -0.0772. The first-order valence-electron chi connectivity index (χ1n) is 8.98. The normalized spacial score (nSPS) is 23.7. The summed E-state index contributed by atoms with van der Waals surface area (Å²) in [6.45, 7) is 6.01. The predicted octanol–water partition coefficient (Wildman–Crippen LogP) is 3.71. The molecule has 2 aliphatic rings. The molecule has 2 aliphatic heterocycles. The van der Waals surface area contributed by atoms with E-state index in [0.29, 0.717) is 5.57 Å². The van der Waals surface area contributed by atoms with Crippen molar-refractivity contribution in [3.05, 3.63) is 60.3 Å². The van der Waals surface area contributed by atoms with Gasteiger partial charge in [0.1, 0.15) is 0 Å². The fraction of sp³-hybridized carbons (Fsp3) is 0.286. The highest BCUT2D eigenvalue weighted by atomic mass is 16.5. The summed E-state index contributed by atoms with van der Waals surface area (Å²) < 4.78 is 5.80. The molecule has 0 saturated carbocycles. The number of fused-ring (bicyclic) bond motifs is 1. The molecule has 134 valence electrons. The molecule has 2 aromatic carbocycles. The fourth-order valence-corrected chi connectivity index (χ4v) is 3.59. The number of hydrogen-bond acceptors (Lipinski definition) is 4. The van der Waals surface area contributed by atoms with E-state index >= 15 is 0 Å². The Bertz CT molecular complexity index is 835. The van der Waals surface area contributed by atoms with Gasteiger partial charge in [0.2, 0.25) is 0 Å². The van der Waals surface area contributed by atoms with Gasteiger partial charge in [-0.05, 0) is 44.2 Å². The van der Waals surface area contributed by atoms with Gasteiger partial charge in [0.15, 0.2) is 0 Å². The summed E-state index contributed by atoms with van der Waals surface area (Å²) in [6.07, 6.45) is 2.25. The van der Waals surface area contributed by atoms with Gasteiger partial charge in [0, 0.05) is 41.9 Å². The summed E-state index contributed by atoms with van der Waals surface area (Å²) in [5.41, 5.74) is 4.58. The summed E-state index contributed by atoms with van der Waals surface area (Å²) in [6, 6.07) is 16.0. The second kappa shape index (κ2) is 6.84. The van der Waals surface area contributed by atoms with E-state index in [0.717, 1.165) is 30.0 Å². The molecule has 5 nitrogen and oxygen atoms in total. The zero-order valence-corrected chi connectivity index (χ0v) is 15.0. The van der Waals surface area contributed by atoms with Crippen molar-refractivity contribution in [2.45, 2.75) is 26.1 Å². The maximum Gasteiger partial charge on any atom is 0.257 e. The van der Waals surface area contributed by atoms with Crippen LogP contribution >= 0.6 is 0 Å². The van der Waals surface area contributed by atoms with Crippen LogP contribution in [-0.2, 0) is 9.53 Å². The first-order chi connectivity index (χ1) is 12.6. The van der Waals surface area contributed by atoms with Gasteiger partial charge in [0.05, 0.1) is 17.8 Å². The minimum absolute atomic E-state index is 0.0772. The molecule has 2 atom stereocenters. The summed E-state index contributed by atoms with van der Waals surface area (Å²) in [7, 11) is 0. The molecule has 0 aliphatic carbocycles. The smallest absolute Gasteiger partial charge is 0.257 e. The molecular formula is C21H23N3O2. The minimum Gasteiger partial charge on any atom is -0.372 e. The highest BCUT2D eigenvalue weighted by molar-refractivity contribution is 6.31. The number of para-hydroxylation sites is 1. The Morgan fingerprint density at radius 1 is 1.08 bits per heavy atom. The number of anilines is 3. The number of hydrogen-bond donors (Lipinski definition) is 2. The Morgan fingerprint density at radius 2 is 1.77 bits per heavy atom. The number of carbonyl (C=O) groups excluding carboxylic acids is 1. The third kappa shape index (κ3) is 3.30. The number of nitrogens with one attached hydrogen (secondary N) is 2. The molecular weight excluding hydrogens is 326 g/mol. The van der Waals surface area contributed by atoms with Crippen molar-refractivity contribution in [3.63, 3.8) is 0 Å². The van der Waals surface area contributed by atoms with Crippen molar-refractivity contribution in [2.75, 3.05) is 28.6 Å². The predicted molar refractivity (Wildman–Crippen MR) is 105 cm³/mol. The van der Waals surface area contributed by atoms with E-state index in [1.54, 1.807) is 6.20 Å². The lowest BCUT2D eigenvalue weighted by molar-refractivity contribution is -0.110. The average Bonchev–Trinajstić information content (AvgIpc) is 2.95. The molecule has 26 heavy (non-hydrogen) atoms. The standard InChI is InChI=1S/C21H23N3O2/c1-14-12-24(13-15(2)26-14)17-9-7-16(8-10-17)22-11-19-18-5-3-4-6-20(18)23-21(19)25/h3-11,14-15,22H,12-13H2,1-2H3,(H,23,25). The largest absolute Gasteiger partial charge is 0.372 e. The topological polar surface area (TPSA) is 53.6 Å². The van der Waals surface area contributed by atoms with Crippen molar-refractivity contribution in [3.8, 4) is 0 Å². The number of morpholine rings is 1. The van der Waals surface area contributed by atoms with E-state index in [4.69, 9.17) is 4.74 Å². The third-order valence-corrected chi connectivity index (χ3v) is 4.75. The van der Waals surface area contributed by atoms with Gasteiger partial charge in [-0.25, -0.2) is 0 Å². The molecule has 2 N–H and O–H groups in total. The molecule has 2 heterocycles. The number of benzene rings is 2. The van der Waals surface area contributed by atoms with E-state index in [1.165, 1.54) is 5.69 Å². The lowest BCUT2D eigenvalue weighted by Gasteiger charge is -2.36. The van der Waals surface area contributed by atoms with Crippen LogP contribution in [-0.4, -0.2) is 31.2 Å². The van der Waals surface area contributed by atoms with Crippen molar-refractivity contribution < 1.29 is 9.53 Å². The highest BCUT2D eigenvalue weighted by Crippen LogP contribution is 2.31. The van der Waals surface area contributed by atoms with Crippen LogP contribution < -0.4 is 15.5 Å². The number of amides is 1. The second-order valence-corrected chi connectivity index (χ2v) is 6.91. The van der Waals surface area contributed by atoms with E-state index in [-0.39, 0.29) is 18.1 Å². The summed E-state index contributed by atoms with van der Waals surface area (Å²) >= 11 is 0. The van der Waals surface area contributed by atoms with Crippen molar-refractivity contribution in [1.82, 2.24) is 0 Å². The van der Waals surface area contributed by atoms with Gasteiger partial charge in [-0.3, -0.25) is 4.79 Å². The number of ether oxygens (including phenoxy) is 1. The maximum atomic E-state index is 12.1. The van der Waals surface area contributed by atoms with Gasteiger partial charge >= 0.3 is 0 Å². The van der Waals surface area contributed by atoms with Crippen LogP contribution in [0, 0.1) is 0 Å². The first-order valence-corrected chi connectivity index (χ1v) is 8.98. The van der Waals surface area contributed by atoms with Crippen LogP contribution in [0.3, 0.4) is 0 Å². The van der Waals surface area contributed by atoms with Crippen LogP contribution in [0.1, 0.15) is 19.4 Å². The van der Waals surface area contributed by atoms with E-state index < -0.39 is 0 Å².